The van der Waals surface area contributed by atoms with Crippen molar-refractivity contribution in [1.29, 1.82) is 0 Å². The molecule has 98 valence electrons. The van der Waals surface area contributed by atoms with E-state index in [9.17, 15) is 14.3 Å². The van der Waals surface area contributed by atoms with Crippen molar-refractivity contribution < 1.29 is 19.0 Å². The molecule has 1 aromatic rings. The van der Waals surface area contributed by atoms with Crippen molar-refractivity contribution in [2.24, 2.45) is 0 Å². The van der Waals surface area contributed by atoms with Crippen molar-refractivity contribution in [3.63, 3.8) is 0 Å². The Morgan fingerprint density at radius 1 is 1.39 bits per heavy atom. The quantitative estimate of drug-likeness (QED) is 0.802. The molecule has 0 spiro atoms. The van der Waals surface area contributed by atoms with Gasteiger partial charge >= 0.3 is 0 Å². The molecule has 0 aromatic heterocycles. The van der Waals surface area contributed by atoms with E-state index in [1.165, 1.54) is 12.1 Å². The zero-order chi connectivity index (χ0) is 13.0. The topological polar surface area (TPSA) is 49.8 Å². The predicted molar refractivity (Wildman–Crippen MR) is 63.7 cm³/mol. The first kappa shape index (κ1) is 12.8. The molecular weight excluding hydrogens is 237 g/mol. The highest BCUT2D eigenvalue weighted by Crippen LogP contribution is 2.13. The van der Waals surface area contributed by atoms with Gasteiger partial charge in [0.05, 0.1) is 19.1 Å². The number of nitrogens with zero attached hydrogens (tertiary/aromatic N) is 1. The molecule has 1 fully saturated rings. The number of hydrogen-bond donors (Lipinski definition) is 1. The molecule has 0 bridgehead atoms. The molecule has 5 heteroatoms. The highest BCUT2D eigenvalue weighted by molar-refractivity contribution is 5.78. The number of amides is 1. The lowest BCUT2D eigenvalue weighted by Gasteiger charge is -2.15. The minimum atomic E-state index is -0.532. The van der Waals surface area contributed by atoms with Crippen LogP contribution in [0.5, 0.6) is 5.75 Å². The van der Waals surface area contributed by atoms with E-state index in [1.54, 1.807) is 17.0 Å². The van der Waals surface area contributed by atoms with Gasteiger partial charge in [-0.1, -0.05) is 0 Å². The van der Waals surface area contributed by atoms with Crippen LogP contribution in [0.4, 0.5) is 4.39 Å². The number of halogens is 1. The van der Waals surface area contributed by atoms with Gasteiger partial charge in [-0.2, -0.15) is 0 Å². The number of aliphatic hydroxyl groups excluding tert-OH is 1. The Morgan fingerprint density at radius 3 is 2.72 bits per heavy atom. The number of carbonyl (C=O) groups excluding carboxylic acids is 1. The molecule has 4 nitrogen and oxygen atoms in total. The normalized spacial score (nSPS) is 19.3. The Bertz CT molecular complexity index is 407. The highest BCUT2D eigenvalue weighted by Gasteiger charge is 2.27. The Kier molecular flexibility index (Phi) is 4.15. The SMILES string of the molecule is O=C1CC(O)CN1CCCOc1ccc(F)cc1. The number of ether oxygens (including phenoxy) is 1. The number of rotatable bonds is 5. The molecule has 0 radical (unpaired) electrons. The molecule has 0 aliphatic carbocycles. The van der Waals surface area contributed by atoms with Crippen LogP contribution in [-0.4, -0.2) is 41.7 Å². The maximum Gasteiger partial charge on any atom is 0.225 e. The van der Waals surface area contributed by atoms with Gasteiger partial charge in [-0.3, -0.25) is 4.79 Å². The molecule has 1 aromatic carbocycles. The van der Waals surface area contributed by atoms with Crippen LogP contribution in [0.15, 0.2) is 24.3 Å². The lowest BCUT2D eigenvalue weighted by molar-refractivity contribution is -0.127. The van der Waals surface area contributed by atoms with Gasteiger partial charge in [-0.25, -0.2) is 4.39 Å². The third kappa shape index (κ3) is 3.43. The van der Waals surface area contributed by atoms with E-state index in [-0.39, 0.29) is 18.1 Å². The molecule has 1 aliphatic heterocycles. The lowest BCUT2D eigenvalue weighted by Crippen LogP contribution is -2.27. The summed E-state index contributed by atoms with van der Waals surface area (Å²) in [6, 6.07) is 5.82. The van der Waals surface area contributed by atoms with Crippen molar-refractivity contribution >= 4 is 5.91 Å². The minimum absolute atomic E-state index is 0.00992. The van der Waals surface area contributed by atoms with Crippen molar-refractivity contribution in [2.45, 2.75) is 18.9 Å². The van der Waals surface area contributed by atoms with Crippen molar-refractivity contribution in [3.8, 4) is 5.75 Å². The third-order valence-electron chi connectivity index (χ3n) is 2.85. The summed E-state index contributed by atoms with van der Waals surface area (Å²) in [6.07, 6.45) is 0.379. The number of carbonyl (C=O) groups is 1. The largest absolute Gasteiger partial charge is 0.494 e. The van der Waals surface area contributed by atoms with Crippen molar-refractivity contribution in [1.82, 2.24) is 4.90 Å². The number of benzene rings is 1. The molecule has 1 aliphatic rings. The molecule has 2 rings (SSSR count). The van der Waals surface area contributed by atoms with Crippen molar-refractivity contribution in [3.05, 3.63) is 30.1 Å². The number of β-amino-alcohol motifs (C(OH)–C–C–N with tert-alkyl or cyclic N) is 1. The standard InChI is InChI=1S/C13H16FNO3/c14-10-2-4-12(5-3-10)18-7-1-6-15-9-11(16)8-13(15)17/h2-5,11,16H,1,6-9H2. The highest BCUT2D eigenvalue weighted by atomic mass is 19.1. The van der Waals surface area contributed by atoms with E-state index in [0.717, 1.165) is 0 Å². The van der Waals surface area contributed by atoms with Gasteiger partial charge in [-0.15, -0.1) is 0 Å². The molecule has 1 heterocycles. The summed E-state index contributed by atoms with van der Waals surface area (Å²) < 4.78 is 18.1. The van der Waals surface area contributed by atoms with Gasteiger partial charge in [0.25, 0.3) is 0 Å². The second-order valence-corrected chi connectivity index (χ2v) is 4.35. The van der Waals surface area contributed by atoms with Crippen LogP contribution in [0.1, 0.15) is 12.8 Å². The molecule has 1 unspecified atom stereocenters. The summed E-state index contributed by atoms with van der Waals surface area (Å²) >= 11 is 0. The second kappa shape index (κ2) is 5.82. The summed E-state index contributed by atoms with van der Waals surface area (Å²) in [5.41, 5.74) is 0. The molecule has 18 heavy (non-hydrogen) atoms. The summed E-state index contributed by atoms with van der Waals surface area (Å²) in [5.74, 6) is 0.312. The van der Waals surface area contributed by atoms with E-state index in [1.807, 2.05) is 0 Å². The van der Waals surface area contributed by atoms with Crippen LogP contribution < -0.4 is 4.74 Å². The fourth-order valence-corrected chi connectivity index (χ4v) is 1.94. The van der Waals surface area contributed by atoms with Gasteiger partial charge in [0, 0.05) is 13.1 Å². The van der Waals surface area contributed by atoms with Crippen molar-refractivity contribution in [2.75, 3.05) is 19.7 Å². The van der Waals surface area contributed by atoms with E-state index in [2.05, 4.69) is 0 Å². The molecular formula is C13H16FNO3. The van der Waals surface area contributed by atoms with Crippen LogP contribution in [0.25, 0.3) is 0 Å². The third-order valence-corrected chi connectivity index (χ3v) is 2.85. The Hall–Kier alpha value is -1.62. The van der Waals surface area contributed by atoms with Gasteiger partial charge in [-0.05, 0) is 30.7 Å². The smallest absolute Gasteiger partial charge is 0.225 e. The molecule has 1 N–H and O–H groups in total. The number of likely N-dealkylation sites (tertiary alicyclic amines) is 1. The zero-order valence-electron chi connectivity index (χ0n) is 10.0. The first-order valence-electron chi connectivity index (χ1n) is 5.99. The van der Waals surface area contributed by atoms with Crippen LogP contribution in [0, 0.1) is 5.82 Å². The zero-order valence-corrected chi connectivity index (χ0v) is 10.0. The second-order valence-electron chi connectivity index (χ2n) is 4.35. The Labute approximate surface area is 105 Å². The monoisotopic (exact) mass is 253 g/mol. The predicted octanol–water partition coefficient (Wildman–Crippen LogP) is 1.19. The summed E-state index contributed by atoms with van der Waals surface area (Å²) in [6.45, 7) is 1.46. The van der Waals surface area contributed by atoms with Gasteiger partial charge in [0.1, 0.15) is 11.6 Å². The van der Waals surface area contributed by atoms with Crippen LogP contribution in [0.2, 0.25) is 0 Å². The maximum atomic E-state index is 12.6. The van der Waals surface area contributed by atoms with Gasteiger partial charge < -0.3 is 14.7 Å². The van der Waals surface area contributed by atoms with Crippen LogP contribution >= 0.6 is 0 Å². The van der Waals surface area contributed by atoms with E-state index in [0.29, 0.717) is 31.9 Å². The molecule has 1 amide bonds. The first-order valence-corrected chi connectivity index (χ1v) is 5.99. The average Bonchev–Trinajstić information content (AvgIpc) is 2.66. The fourth-order valence-electron chi connectivity index (χ4n) is 1.94. The van der Waals surface area contributed by atoms with E-state index >= 15 is 0 Å². The van der Waals surface area contributed by atoms with Gasteiger partial charge in [0.15, 0.2) is 0 Å². The molecule has 0 saturated carbocycles. The molecule has 1 atom stereocenters. The van der Waals surface area contributed by atoms with Crippen LogP contribution in [0.3, 0.4) is 0 Å². The number of hydrogen-bond acceptors (Lipinski definition) is 3. The summed E-state index contributed by atoms with van der Waals surface area (Å²) in [5, 5.41) is 9.30. The first-order chi connectivity index (χ1) is 8.65. The molecule has 1 saturated heterocycles. The lowest BCUT2D eigenvalue weighted by atomic mass is 10.3. The van der Waals surface area contributed by atoms with E-state index in [4.69, 9.17) is 4.74 Å². The average molecular weight is 253 g/mol. The Balaban J connectivity index is 1.67. The van der Waals surface area contributed by atoms with E-state index < -0.39 is 6.10 Å². The maximum absolute atomic E-state index is 12.6. The Morgan fingerprint density at radius 2 is 2.11 bits per heavy atom. The van der Waals surface area contributed by atoms with Gasteiger partial charge in [0.2, 0.25) is 5.91 Å². The van der Waals surface area contributed by atoms with Crippen LogP contribution in [-0.2, 0) is 4.79 Å². The summed E-state index contributed by atoms with van der Waals surface area (Å²) in [7, 11) is 0. The minimum Gasteiger partial charge on any atom is -0.494 e. The summed E-state index contributed by atoms with van der Waals surface area (Å²) in [4.78, 5) is 13.0. The fraction of sp³-hybridized carbons (Fsp3) is 0.462. The number of aliphatic hydroxyl groups is 1.